The third-order valence-corrected chi connectivity index (χ3v) is 4.42. The average Bonchev–Trinajstić information content (AvgIpc) is 2.83. The summed E-state index contributed by atoms with van der Waals surface area (Å²) in [7, 11) is 1.74. The molecule has 0 aliphatic carbocycles. The van der Waals surface area contributed by atoms with Gasteiger partial charge < -0.3 is 10.1 Å². The topological polar surface area (TPSA) is 24.5 Å². The fourth-order valence-electron chi connectivity index (χ4n) is 3.43. The smallest absolute Gasteiger partial charge is 0.0713 e. The van der Waals surface area contributed by atoms with Crippen molar-refractivity contribution in [3.63, 3.8) is 0 Å². The van der Waals surface area contributed by atoms with Crippen molar-refractivity contribution in [2.75, 3.05) is 26.7 Å². The van der Waals surface area contributed by atoms with Crippen LogP contribution >= 0.6 is 0 Å². The van der Waals surface area contributed by atoms with Crippen LogP contribution in [0.2, 0.25) is 0 Å². The minimum Gasteiger partial charge on any atom is -0.380 e. The minimum atomic E-state index is 0.706. The number of hydrogen-bond donors (Lipinski definition) is 1. The number of nitrogens with zero attached hydrogens (tertiary/aromatic N) is 1. The number of nitrogens with one attached hydrogen (secondary N) is 1. The molecule has 3 heteroatoms. The van der Waals surface area contributed by atoms with E-state index in [1.807, 2.05) is 0 Å². The Morgan fingerprint density at radius 3 is 2.74 bits per heavy atom. The number of fused-ring (bicyclic) bond motifs is 1. The number of piperidine rings is 1. The average molecular weight is 260 g/mol. The van der Waals surface area contributed by atoms with Gasteiger partial charge in [-0.2, -0.15) is 0 Å². The summed E-state index contributed by atoms with van der Waals surface area (Å²) in [5.41, 5.74) is 2.67. The van der Waals surface area contributed by atoms with E-state index in [1.54, 1.807) is 7.11 Å². The molecule has 2 saturated heterocycles. The molecule has 2 heterocycles. The van der Waals surface area contributed by atoms with Crippen molar-refractivity contribution in [2.24, 2.45) is 5.92 Å². The van der Waals surface area contributed by atoms with E-state index in [0.29, 0.717) is 6.61 Å². The highest BCUT2D eigenvalue weighted by Crippen LogP contribution is 2.26. The molecule has 0 aromatic heterocycles. The molecular weight excluding hydrogens is 236 g/mol. The number of hydrogen-bond acceptors (Lipinski definition) is 3. The lowest BCUT2D eigenvalue weighted by atomic mass is 9.94. The normalized spacial score (nSPS) is 27.4. The van der Waals surface area contributed by atoms with Crippen molar-refractivity contribution in [1.29, 1.82) is 0 Å². The number of methoxy groups -OCH3 is 1. The zero-order chi connectivity index (χ0) is 13.1. The van der Waals surface area contributed by atoms with E-state index in [9.17, 15) is 0 Å². The summed E-state index contributed by atoms with van der Waals surface area (Å²) in [5.74, 6) is 0.876. The van der Waals surface area contributed by atoms with Crippen molar-refractivity contribution in [1.82, 2.24) is 10.2 Å². The molecule has 0 radical (unpaired) electrons. The molecule has 2 fully saturated rings. The first kappa shape index (κ1) is 13.1. The van der Waals surface area contributed by atoms with E-state index in [2.05, 4.69) is 34.5 Å². The second-order valence-corrected chi connectivity index (χ2v) is 5.91. The van der Waals surface area contributed by atoms with Gasteiger partial charge in [0.25, 0.3) is 0 Å². The van der Waals surface area contributed by atoms with Crippen LogP contribution in [0.15, 0.2) is 24.3 Å². The van der Waals surface area contributed by atoms with E-state index >= 15 is 0 Å². The van der Waals surface area contributed by atoms with Crippen LogP contribution in [-0.2, 0) is 17.9 Å². The zero-order valence-corrected chi connectivity index (χ0v) is 11.8. The van der Waals surface area contributed by atoms with Crippen LogP contribution in [0.25, 0.3) is 0 Å². The Kier molecular flexibility index (Phi) is 4.16. The summed E-state index contributed by atoms with van der Waals surface area (Å²) >= 11 is 0. The lowest BCUT2D eigenvalue weighted by molar-refractivity contribution is 0.185. The van der Waals surface area contributed by atoms with Gasteiger partial charge in [-0.3, -0.25) is 4.90 Å². The van der Waals surface area contributed by atoms with Crippen molar-refractivity contribution < 1.29 is 4.74 Å². The van der Waals surface area contributed by atoms with E-state index in [0.717, 1.165) is 18.5 Å². The van der Waals surface area contributed by atoms with Crippen molar-refractivity contribution >= 4 is 0 Å². The van der Waals surface area contributed by atoms with Gasteiger partial charge in [-0.15, -0.1) is 0 Å². The molecule has 3 rings (SSSR count). The van der Waals surface area contributed by atoms with Crippen LogP contribution in [0.4, 0.5) is 0 Å². The van der Waals surface area contributed by atoms with E-state index in [-0.39, 0.29) is 0 Å². The molecule has 2 atom stereocenters. The van der Waals surface area contributed by atoms with E-state index < -0.39 is 0 Å². The Morgan fingerprint density at radius 1 is 1.21 bits per heavy atom. The molecule has 0 amide bonds. The quantitative estimate of drug-likeness (QED) is 0.896. The van der Waals surface area contributed by atoms with Gasteiger partial charge in [-0.25, -0.2) is 0 Å². The Labute approximate surface area is 115 Å². The Hall–Kier alpha value is -0.900. The molecule has 1 aromatic carbocycles. The summed E-state index contributed by atoms with van der Waals surface area (Å²) < 4.78 is 5.15. The maximum Gasteiger partial charge on any atom is 0.0713 e. The first-order chi connectivity index (χ1) is 9.35. The van der Waals surface area contributed by atoms with Gasteiger partial charge in [-0.05, 0) is 36.4 Å². The molecule has 0 unspecified atom stereocenters. The number of ether oxygens (including phenoxy) is 1. The molecule has 1 aromatic rings. The first-order valence-electron chi connectivity index (χ1n) is 7.37. The van der Waals surface area contributed by atoms with Crippen molar-refractivity contribution in [3.8, 4) is 0 Å². The fraction of sp³-hybridized carbons (Fsp3) is 0.625. The predicted octanol–water partition coefficient (Wildman–Crippen LogP) is 2.02. The highest BCUT2D eigenvalue weighted by atomic mass is 16.5. The highest BCUT2D eigenvalue weighted by molar-refractivity contribution is 5.22. The van der Waals surface area contributed by atoms with Gasteiger partial charge in [0.15, 0.2) is 0 Å². The molecule has 2 aliphatic rings. The molecule has 104 valence electrons. The number of likely N-dealkylation sites (tertiary alicyclic amines) is 1. The highest BCUT2D eigenvalue weighted by Gasteiger charge is 2.33. The fourth-order valence-corrected chi connectivity index (χ4v) is 3.43. The molecule has 2 aliphatic heterocycles. The van der Waals surface area contributed by atoms with E-state index in [4.69, 9.17) is 4.74 Å². The second kappa shape index (κ2) is 6.04. The van der Waals surface area contributed by atoms with Crippen molar-refractivity contribution in [2.45, 2.75) is 32.0 Å². The Morgan fingerprint density at radius 2 is 2.00 bits per heavy atom. The number of rotatable bonds is 4. The lowest BCUT2D eigenvalue weighted by Gasteiger charge is -2.24. The SMILES string of the molecule is COCc1ccc(CN2C[C@@H]3CCCN[C@@H]3C2)cc1. The van der Waals surface area contributed by atoms with Crippen LogP contribution in [0.3, 0.4) is 0 Å². The van der Waals surface area contributed by atoms with Gasteiger partial charge in [0, 0.05) is 32.8 Å². The molecular formula is C16H24N2O. The zero-order valence-electron chi connectivity index (χ0n) is 11.8. The second-order valence-electron chi connectivity index (χ2n) is 5.91. The largest absolute Gasteiger partial charge is 0.380 e. The summed E-state index contributed by atoms with van der Waals surface area (Å²) in [6, 6.07) is 9.58. The molecule has 0 bridgehead atoms. The number of benzene rings is 1. The maximum absolute atomic E-state index is 5.15. The maximum atomic E-state index is 5.15. The molecule has 0 saturated carbocycles. The van der Waals surface area contributed by atoms with Gasteiger partial charge in [-0.1, -0.05) is 24.3 Å². The third kappa shape index (κ3) is 3.16. The summed E-state index contributed by atoms with van der Waals surface area (Å²) in [5, 5.41) is 3.66. The van der Waals surface area contributed by atoms with Gasteiger partial charge >= 0.3 is 0 Å². The van der Waals surface area contributed by atoms with Crippen LogP contribution < -0.4 is 5.32 Å². The molecule has 19 heavy (non-hydrogen) atoms. The minimum absolute atomic E-state index is 0.706. The third-order valence-electron chi connectivity index (χ3n) is 4.42. The van der Waals surface area contributed by atoms with Gasteiger partial charge in [0.05, 0.1) is 6.61 Å². The standard InChI is InChI=1S/C16H24N2O/c1-19-12-14-6-4-13(5-7-14)9-18-10-15-3-2-8-17-16(15)11-18/h4-7,15-17H,2-3,8-12H2,1H3/t15-,16+/m0/s1. The van der Waals surface area contributed by atoms with Gasteiger partial charge in [0.2, 0.25) is 0 Å². The molecule has 0 spiro atoms. The summed E-state index contributed by atoms with van der Waals surface area (Å²) in [4.78, 5) is 2.60. The molecule has 3 nitrogen and oxygen atoms in total. The lowest BCUT2D eigenvalue weighted by Crippen LogP contribution is -2.40. The van der Waals surface area contributed by atoms with Crippen molar-refractivity contribution in [3.05, 3.63) is 35.4 Å². The first-order valence-corrected chi connectivity index (χ1v) is 7.37. The van der Waals surface area contributed by atoms with Crippen LogP contribution in [0.5, 0.6) is 0 Å². The van der Waals surface area contributed by atoms with Crippen LogP contribution in [0, 0.1) is 5.92 Å². The predicted molar refractivity (Wildman–Crippen MR) is 76.9 cm³/mol. The van der Waals surface area contributed by atoms with Crippen LogP contribution in [0.1, 0.15) is 24.0 Å². The summed E-state index contributed by atoms with van der Waals surface area (Å²) in [6.45, 7) is 5.47. The van der Waals surface area contributed by atoms with E-state index in [1.165, 1.54) is 43.6 Å². The van der Waals surface area contributed by atoms with Gasteiger partial charge in [0.1, 0.15) is 0 Å². The van der Waals surface area contributed by atoms with Crippen LogP contribution in [-0.4, -0.2) is 37.7 Å². The summed E-state index contributed by atoms with van der Waals surface area (Å²) in [6.07, 6.45) is 2.75. The molecule has 1 N–H and O–H groups in total. The Balaban J connectivity index is 1.56. The monoisotopic (exact) mass is 260 g/mol. The Bertz CT molecular complexity index is 390.